The van der Waals surface area contributed by atoms with E-state index in [1.54, 1.807) is 0 Å². The van der Waals surface area contributed by atoms with Crippen molar-refractivity contribution in [3.8, 4) is 11.5 Å². The van der Waals surface area contributed by atoms with Crippen molar-refractivity contribution in [2.24, 2.45) is 0 Å². The minimum absolute atomic E-state index is 0.288. The molecule has 0 heterocycles. The number of ether oxygens (including phenoxy) is 2. The van der Waals surface area contributed by atoms with E-state index >= 15 is 0 Å². The standard InChI is InChI=1S/C76H134ClO6P/c1-17-21-25-27-29-31-33-35-37-39-41-43-45-47-49-53-57-80-71(78)65-61(55-51-23-19-3)59-63(73(5,6)7)69(67(65)75(11,12)13)82-84(77)83-70-64(74(8,9)10)60-62(56-52-24-20-4)66(68(70)76(14,15)16)72(79)81-58-54-50-48-46-44-42-40-38-36-34-32-30-28-26-22-18-2/h59-60H,17-58H2,1-16H3. The summed E-state index contributed by atoms with van der Waals surface area (Å²) in [7, 11) is -2.19. The van der Waals surface area contributed by atoms with Crippen LogP contribution in [-0.4, -0.2) is 25.2 Å². The second-order valence-electron chi connectivity index (χ2n) is 29.5. The van der Waals surface area contributed by atoms with E-state index in [4.69, 9.17) is 29.8 Å². The summed E-state index contributed by atoms with van der Waals surface area (Å²) in [6.07, 6.45) is 49.3. The molecular weight excluding hydrogens is 1080 g/mol. The van der Waals surface area contributed by atoms with Crippen LogP contribution >= 0.6 is 19.0 Å². The van der Waals surface area contributed by atoms with Gasteiger partial charge in [0.15, 0.2) is 0 Å². The number of aryl methyl sites for hydroxylation is 2. The minimum Gasteiger partial charge on any atom is -0.462 e. The van der Waals surface area contributed by atoms with Crippen LogP contribution in [0.1, 0.15) is 409 Å². The third kappa shape index (κ3) is 31.2. The molecule has 8 heteroatoms. The fourth-order valence-electron chi connectivity index (χ4n) is 12.1. The summed E-state index contributed by atoms with van der Waals surface area (Å²) in [5.74, 6) is 0.607. The van der Waals surface area contributed by atoms with Gasteiger partial charge in [0.25, 0.3) is 0 Å². The van der Waals surface area contributed by atoms with Crippen LogP contribution in [-0.2, 0) is 44.0 Å². The molecule has 2 aromatic carbocycles. The molecule has 2 aromatic rings. The summed E-state index contributed by atoms with van der Waals surface area (Å²) in [5.41, 5.74) is 5.04. The molecule has 2 rings (SSSR count). The van der Waals surface area contributed by atoms with Crippen LogP contribution in [0.25, 0.3) is 0 Å². The highest BCUT2D eigenvalue weighted by Gasteiger charge is 2.39. The molecule has 486 valence electrons. The number of carbonyl (C=O) groups excluding carboxylic acids is 2. The van der Waals surface area contributed by atoms with Gasteiger partial charge in [0, 0.05) is 22.3 Å². The number of rotatable bonds is 48. The molecule has 0 amide bonds. The summed E-state index contributed by atoms with van der Waals surface area (Å²) in [5, 5.41) is 0. The monoisotopic (exact) mass is 1210 g/mol. The lowest BCUT2D eigenvalue weighted by Gasteiger charge is -2.35. The summed E-state index contributed by atoms with van der Waals surface area (Å²) >= 11 is 7.61. The highest BCUT2D eigenvalue weighted by Crippen LogP contribution is 2.55. The fraction of sp³-hybridized carbons (Fsp3) is 0.816. The van der Waals surface area contributed by atoms with Crippen molar-refractivity contribution < 1.29 is 28.1 Å². The number of hydrogen-bond acceptors (Lipinski definition) is 6. The first-order valence-corrected chi connectivity index (χ1v) is 37.6. The van der Waals surface area contributed by atoms with Gasteiger partial charge in [0.2, 0.25) is 0 Å². The number of benzene rings is 2. The van der Waals surface area contributed by atoms with Crippen molar-refractivity contribution in [3.05, 3.63) is 56.6 Å². The molecule has 0 unspecified atom stereocenters. The summed E-state index contributed by atoms with van der Waals surface area (Å²) in [4.78, 5) is 29.6. The Morgan fingerprint density at radius 1 is 0.345 bits per heavy atom. The molecule has 0 aliphatic rings. The SMILES string of the molecule is CCCCCCCCCCCCCCCCCCOC(=O)c1c(CCCCC)cc(C(C)(C)C)c(OP(Cl)Oc2c(C(C)(C)C)cc(CCCCC)c(C(=O)OCCCCCCCCCCCCCCCCCC)c2C(C)(C)C)c1C(C)(C)C. The molecule has 0 aromatic heterocycles. The van der Waals surface area contributed by atoms with Crippen LogP contribution in [0.3, 0.4) is 0 Å². The van der Waals surface area contributed by atoms with Crippen LogP contribution in [0.5, 0.6) is 11.5 Å². The molecular formula is C76H134ClO6P. The van der Waals surface area contributed by atoms with E-state index < -0.39 is 18.6 Å². The van der Waals surface area contributed by atoms with E-state index in [1.165, 1.54) is 180 Å². The van der Waals surface area contributed by atoms with E-state index in [1.807, 2.05) is 0 Å². The van der Waals surface area contributed by atoms with Gasteiger partial charge in [0.1, 0.15) is 11.5 Å². The molecule has 6 nitrogen and oxygen atoms in total. The van der Waals surface area contributed by atoms with Gasteiger partial charge >= 0.3 is 19.7 Å². The fourth-order valence-corrected chi connectivity index (χ4v) is 13.2. The van der Waals surface area contributed by atoms with Gasteiger partial charge in [-0.3, -0.25) is 0 Å². The predicted octanol–water partition coefficient (Wildman–Crippen LogP) is 26.1. The van der Waals surface area contributed by atoms with Crippen LogP contribution in [0.2, 0.25) is 0 Å². The lowest BCUT2D eigenvalue weighted by atomic mass is 9.75. The number of unbranched alkanes of at least 4 members (excludes halogenated alkanes) is 34. The Hall–Kier alpha value is -2.30. The largest absolute Gasteiger partial charge is 0.462 e. The Kier molecular flexibility index (Phi) is 40.2. The van der Waals surface area contributed by atoms with Crippen molar-refractivity contribution >= 4 is 30.9 Å². The van der Waals surface area contributed by atoms with Gasteiger partial charge in [-0.2, -0.15) is 0 Å². The zero-order valence-electron chi connectivity index (χ0n) is 58.1. The van der Waals surface area contributed by atoms with Crippen LogP contribution in [0.15, 0.2) is 12.1 Å². The highest BCUT2D eigenvalue weighted by molar-refractivity contribution is 7.76. The van der Waals surface area contributed by atoms with E-state index in [0.29, 0.717) is 35.8 Å². The topological polar surface area (TPSA) is 71.1 Å². The quantitative estimate of drug-likeness (QED) is 0.0374. The van der Waals surface area contributed by atoms with Gasteiger partial charge in [-0.05, 0) is 82.6 Å². The Labute approximate surface area is 526 Å². The van der Waals surface area contributed by atoms with Crippen LogP contribution in [0, 0.1) is 0 Å². The van der Waals surface area contributed by atoms with Crippen LogP contribution < -0.4 is 9.05 Å². The molecule has 0 fully saturated rings. The maximum absolute atomic E-state index is 14.8. The van der Waals surface area contributed by atoms with E-state index in [0.717, 1.165) is 110 Å². The molecule has 0 N–H and O–H groups in total. The average Bonchev–Trinajstić information content (AvgIpc) is 1.03. The van der Waals surface area contributed by atoms with Gasteiger partial charge in [0.05, 0.1) is 24.3 Å². The van der Waals surface area contributed by atoms with E-state index in [9.17, 15) is 9.59 Å². The second kappa shape index (κ2) is 43.4. The van der Waals surface area contributed by atoms with E-state index in [2.05, 4.69) is 123 Å². The molecule has 0 saturated heterocycles. The van der Waals surface area contributed by atoms with Crippen molar-refractivity contribution in [1.29, 1.82) is 0 Å². The molecule has 84 heavy (non-hydrogen) atoms. The Balaban J connectivity index is 2.41. The number of carbonyl (C=O) groups is 2. The summed E-state index contributed by atoms with van der Waals surface area (Å²) in [6, 6.07) is 4.40. The summed E-state index contributed by atoms with van der Waals surface area (Å²) < 4.78 is 26.9. The Bertz CT molecular complexity index is 1920. The molecule has 0 spiro atoms. The number of halogens is 1. The summed E-state index contributed by atoms with van der Waals surface area (Å²) in [6.45, 7) is 36.0. The highest BCUT2D eigenvalue weighted by atomic mass is 35.7. The lowest BCUT2D eigenvalue weighted by Crippen LogP contribution is -2.26. The normalized spacial score (nSPS) is 12.4. The molecule has 0 aliphatic heterocycles. The molecule has 0 saturated carbocycles. The maximum atomic E-state index is 14.8. The van der Waals surface area contributed by atoms with Crippen molar-refractivity contribution in [3.63, 3.8) is 0 Å². The smallest absolute Gasteiger partial charge is 0.401 e. The van der Waals surface area contributed by atoms with Crippen molar-refractivity contribution in [2.45, 2.75) is 389 Å². The van der Waals surface area contributed by atoms with Crippen LogP contribution in [0.4, 0.5) is 0 Å². The maximum Gasteiger partial charge on any atom is 0.401 e. The van der Waals surface area contributed by atoms with Gasteiger partial charge in [-0.1, -0.05) is 341 Å². The minimum atomic E-state index is -2.19. The van der Waals surface area contributed by atoms with E-state index in [-0.39, 0.29) is 22.8 Å². The molecule has 0 atom stereocenters. The third-order valence-corrected chi connectivity index (χ3v) is 18.2. The Morgan fingerprint density at radius 2 is 0.571 bits per heavy atom. The molecule has 0 aliphatic carbocycles. The predicted molar refractivity (Wildman–Crippen MR) is 368 cm³/mol. The zero-order chi connectivity index (χ0) is 62.4. The molecule has 0 radical (unpaired) electrons. The zero-order valence-corrected chi connectivity index (χ0v) is 59.8. The van der Waals surface area contributed by atoms with Gasteiger partial charge in [-0.25, -0.2) is 9.59 Å². The average molecular weight is 1210 g/mol. The van der Waals surface area contributed by atoms with Crippen molar-refractivity contribution in [2.75, 3.05) is 13.2 Å². The number of esters is 2. The first-order chi connectivity index (χ1) is 39.9. The Morgan fingerprint density at radius 3 is 0.798 bits per heavy atom. The first kappa shape index (κ1) is 77.8. The molecule has 0 bridgehead atoms. The second-order valence-corrected chi connectivity index (χ2v) is 31.1. The van der Waals surface area contributed by atoms with Crippen molar-refractivity contribution in [1.82, 2.24) is 0 Å². The third-order valence-electron chi connectivity index (χ3n) is 17.1. The van der Waals surface area contributed by atoms with Gasteiger partial charge in [-0.15, -0.1) is 0 Å². The lowest BCUT2D eigenvalue weighted by molar-refractivity contribution is 0.0484. The number of hydrogen-bond donors (Lipinski definition) is 0. The van der Waals surface area contributed by atoms with Gasteiger partial charge < -0.3 is 18.5 Å². The first-order valence-electron chi connectivity index (χ1n) is 35.5.